The number of thiazole rings is 1. The van der Waals surface area contributed by atoms with Crippen LogP contribution in [0, 0.1) is 12.8 Å². The minimum Gasteiger partial charge on any atom is -0.472 e. The molecule has 1 saturated carbocycles. The van der Waals surface area contributed by atoms with Crippen molar-refractivity contribution in [1.82, 2.24) is 9.88 Å². The second-order valence-corrected chi connectivity index (χ2v) is 7.85. The van der Waals surface area contributed by atoms with Crippen molar-refractivity contribution >= 4 is 11.3 Å². The number of fused-ring (bicyclic) bond motifs is 1. The molecule has 1 aliphatic carbocycles. The fraction of sp³-hybridized carbons (Fsp3) is 0.611. The summed E-state index contributed by atoms with van der Waals surface area (Å²) in [6, 6.07) is 2.55. The third-order valence-electron chi connectivity index (χ3n) is 4.98. The van der Waals surface area contributed by atoms with Gasteiger partial charge in [0.15, 0.2) is 0 Å². The number of rotatable bonds is 6. The Hall–Kier alpha value is -1.21. The van der Waals surface area contributed by atoms with Crippen molar-refractivity contribution in [3.8, 4) is 0 Å². The summed E-state index contributed by atoms with van der Waals surface area (Å²) in [4.78, 5) is 7.00. The standard InChI is InChI=1S/C18H24N2O3S/c1-13-19-16(12-24-13)11-22-10-15-6-17-18(7-15)23-5-3-20(17)8-14-2-4-21-9-14/h2,4,9,12,15,17-18H,3,5-8,10-11H2,1H3/t15-,17-,18-/m0/s1. The molecule has 0 unspecified atom stereocenters. The van der Waals surface area contributed by atoms with Gasteiger partial charge in [-0.15, -0.1) is 11.3 Å². The molecule has 1 aliphatic heterocycles. The largest absolute Gasteiger partial charge is 0.472 e. The van der Waals surface area contributed by atoms with Gasteiger partial charge in [-0.1, -0.05) is 0 Å². The molecule has 4 rings (SSSR count). The zero-order valence-electron chi connectivity index (χ0n) is 14.0. The summed E-state index contributed by atoms with van der Waals surface area (Å²) in [5.74, 6) is 0.574. The second kappa shape index (κ2) is 7.35. The van der Waals surface area contributed by atoms with E-state index in [1.807, 2.05) is 13.2 Å². The quantitative estimate of drug-likeness (QED) is 0.802. The fourth-order valence-corrected chi connectivity index (χ4v) is 4.48. The number of hydrogen-bond donors (Lipinski definition) is 0. The van der Waals surface area contributed by atoms with Gasteiger partial charge in [-0.25, -0.2) is 4.98 Å². The van der Waals surface area contributed by atoms with E-state index in [4.69, 9.17) is 13.9 Å². The third-order valence-corrected chi connectivity index (χ3v) is 5.81. The van der Waals surface area contributed by atoms with E-state index in [1.54, 1.807) is 17.6 Å². The molecule has 0 bridgehead atoms. The molecule has 2 aliphatic rings. The molecule has 5 nitrogen and oxygen atoms in total. The first kappa shape index (κ1) is 16.3. The highest BCUT2D eigenvalue weighted by atomic mass is 32.1. The van der Waals surface area contributed by atoms with Gasteiger partial charge in [-0.2, -0.15) is 0 Å². The summed E-state index contributed by atoms with van der Waals surface area (Å²) < 4.78 is 17.1. The average Bonchev–Trinajstić information content (AvgIpc) is 3.29. The van der Waals surface area contributed by atoms with Crippen molar-refractivity contribution < 1.29 is 13.9 Å². The highest BCUT2D eigenvalue weighted by Gasteiger charge is 2.40. The second-order valence-electron chi connectivity index (χ2n) is 6.79. The van der Waals surface area contributed by atoms with Crippen LogP contribution in [-0.2, 0) is 22.6 Å². The first-order valence-corrected chi connectivity index (χ1v) is 9.51. The fourth-order valence-electron chi connectivity index (χ4n) is 3.88. The first-order valence-electron chi connectivity index (χ1n) is 8.63. The van der Waals surface area contributed by atoms with Crippen LogP contribution in [-0.4, -0.2) is 41.8 Å². The van der Waals surface area contributed by atoms with Gasteiger partial charge in [0.1, 0.15) is 0 Å². The van der Waals surface area contributed by atoms with Crippen LogP contribution < -0.4 is 0 Å². The Bertz CT molecular complexity index is 642. The maximum Gasteiger partial charge on any atom is 0.0947 e. The number of aromatic nitrogens is 1. The van der Waals surface area contributed by atoms with Crippen LogP contribution in [0.25, 0.3) is 0 Å². The zero-order valence-corrected chi connectivity index (χ0v) is 14.8. The predicted octanol–water partition coefficient (Wildman–Crippen LogP) is 3.24. The van der Waals surface area contributed by atoms with Gasteiger partial charge in [-0.05, 0) is 31.7 Å². The highest BCUT2D eigenvalue weighted by Crippen LogP contribution is 2.35. The molecule has 0 amide bonds. The van der Waals surface area contributed by atoms with Crippen molar-refractivity contribution in [2.24, 2.45) is 5.92 Å². The van der Waals surface area contributed by atoms with Gasteiger partial charge in [-0.3, -0.25) is 4.90 Å². The Morgan fingerprint density at radius 2 is 2.38 bits per heavy atom. The molecule has 2 fully saturated rings. The van der Waals surface area contributed by atoms with Gasteiger partial charge in [0.25, 0.3) is 0 Å². The third kappa shape index (κ3) is 3.72. The molecule has 0 radical (unpaired) electrons. The van der Waals surface area contributed by atoms with Crippen LogP contribution in [0.5, 0.6) is 0 Å². The van der Waals surface area contributed by atoms with Gasteiger partial charge in [0, 0.05) is 30.1 Å². The average molecular weight is 348 g/mol. The molecule has 2 aromatic heterocycles. The van der Waals surface area contributed by atoms with E-state index in [0.717, 1.165) is 49.8 Å². The molecule has 24 heavy (non-hydrogen) atoms. The zero-order chi connectivity index (χ0) is 16.4. The molecule has 2 aromatic rings. The van der Waals surface area contributed by atoms with E-state index in [0.29, 0.717) is 24.7 Å². The van der Waals surface area contributed by atoms with E-state index in [9.17, 15) is 0 Å². The Kier molecular flexibility index (Phi) is 4.98. The van der Waals surface area contributed by atoms with Crippen LogP contribution in [0.2, 0.25) is 0 Å². The summed E-state index contributed by atoms with van der Waals surface area (Å²) in [6.07, 6.45) is 6.19. The summed E-state index contributed by atoms with van der Waals surface area (Å²) >= 11 is 1.68. The van der Waals surface area contributed by atoms with E-state index < -0.39 is 0 Å². The monoisotopic (exact) mass is 348 g/mol. The van der Waals surface area contributed by atoms with Gasteiger partial charge < -0.3 is 13.9 Å². The topological polar surface area (TPSA) is 47.7 Å². The lowest BCUT2D eigenvalue weighted by atomic mass is 10.1. The minimum absolute atomic E-state index is 0.348. The van der Waals surface area contributed by atoms with E-state index >= 15 is 0 Å². The summed E-state index contributed by atoms with van der Waals surface area (Å²) in [5, 5.41) is 3.18. The van der Waals surface area contributed by atoms with Crippen molar-refractivity contribution in [3.63, 3.8) is 0 Å². The van der Waals surface area contributed by atoms with Gasteiger partial charge >= 0.3 is 0 Å². The van der Waals surface area contributed by atoms with Crippen LogP contribution in [0.4, 0.5) is 0 Å². The van der Waals surface area contributed by atoms with Gasteiger partial charge in [0.2, 0.25) is 0 Å². The van der Waals surface area contributed by atoms with Crippen LogP contribution >= 0.6 is 11.3 Å². The number of hydrogen-bond acceptors (Lipinski definition) is 6. The summed E-state index contributed by atoms with van der Waals surface area (Å²) in [7, 11) is 0. The number of morpholine rings is 1. The molecule has 0 aromatic carbocycles. The molecule has 6 heteroatoms. The lowest BCUT2D eigenvalue weighted by Crippen LogP contribution is -2.47. The Labute approximate surface area is 146 Å². The van der Waals surface area contributed by atoms with E-state index in [-0.39, 0.29) is 0 Å². The molecule has 130 valence electrons. The summed E-state index contributed by atoms with van der Waals surface area (Å²) in [6.45, 7) is 6.22. The first-order chi connectivity index (χ1) is 11.8. The maximum absolute atomic E-state index is 6.02. The highest BCUT2D eigenvalue weighted by molar-refractivity contribution is 7.09. The molecule has 3 heterocycles. The molecule has 0 spiro atoms. The minimum atomic E-state index is 0.348. The number of furan rings is 1. The Morgan fingerprint density at radius 3 is 3.17 bits per heavy atom. The van der Waals surface area contributed by atoms with Crippen molar-refractivity contribution in [2.75, 3.05) is 19.8 Å². The smallest absolute Gasteiger partial charge is 0.0947 e. The Morgan fingerprint density at radius 1 is 1.42 bits per heavy atom. The van der Waals surface area contributed by atoms with Crippen molar-refractivity contribution in [2.45, 2.75) is 45.1 Å². The molecule has 0 N–H and O–H groups in total. The molecule has 3 atom stereocenters. The Balaban J connectivity index is 1.28. The van der Waals surface area contributed by atoms with Crippen molar-refractivity contribution in [3.05, 3.63) is 40.2 Å². The normalized spacial score (nSPS) is 27.5. The van der Waals surface area contributed by atoms with E-state index in [1.165, 1.54) is 5.56 Å². The molecular formula is C18H24N2O3S. The van der Waals surface area contributed by atoms with E-state index in [2.05, 4.69) is 21.3 Å². The summed E-state index contributed by atoms with van der Waals surface area (Å²) in [5.41, 5.74) is 2.29. The van der Waals surface area contributed by atoms with Crippen molar-refractivity contribution in [1.29, 1.82) is 0 Å². The van der Waals surface area contributed by atoms with Crippen LogP contribution in [0.15, 0.2) is 28.4 Å². The SMILES string of the molecule is Cc1nc(COC[C@@H]2C[C@@H]3OCCN(Cc4ccoc4)[C@H]3C2)cs1. The molecular weight excluding hydrogens is 324 g/mol. The van der Waals surface area contributed by atoms with Crippen LogP contribution in [0.3, 0.4) is 0 Å². The molecule has 1 saturated heterocycles. The predicted molar refractivity (Wildman–Crippen MR) is 91.9 cm³/mol. The number of aryl methyl sites for hydroxylation is 1. The number of nitrogens with zero attached hydrogens (tertiary/aromatic N) is 2. The number of ether oxygens (including phenoxy) is 2. The lowest BCUT2D eigenvalue weighted by molar-refractivity contribution is -0.0591. The maximum atomic E-state index is 6.02. The van der Waals surface area contributed by atoms with Gasteiger partial charge in [0.05, 0.1) is 49.2 Å². The van der Waals surface area contributed by atoms with Crippen LogP contribution in [0.1, 0.15) is 29.1 Å². The lowest BCUT2D eigenvalue weighted by Gasteiger charge is -2.37.